The predicted molar refractivity (Wildman–Crippen MR) is 60.5 cm³/mol. The number of hydrogen-bond acceptors (Lipinski definition) is 3. The third kappa shape index (κ3) is 3.06. The van der Waals surface area contributed by atoms with Crippen LogP contribution >= 0.6 is 0 Å². The monoisotopic (exact) mass is 230 g/mol. The maximum atomic E-state index is 11.4. The highest BCUT2D eigenvalue weighted by molar-refractivity contribution is 7.90. The molecule has 0 amide bonds. The standard InChI is InChI=1S/C10H18N2O2S/c1-5-15(13,14)7-10-6-12(8(2)3)9(4)11-10/h6,8H,5,7H2,1-4H3. The first-order valence-electron chi connectivity index (χ1n) is 5.10. The topological polar surface area (TPSA) is 52.0 Å². The molecule has 0 bridgehead atoms. The average Bonchev–Trinajstić information content (AvgIpc) is 2.46. The lowest BCUT2D eigenvalue weighted by molar-refractivity contribution is 0.582. The number of aryl methyl sites for hydroxylation is 1. The molecule has 1 heterocycles. The highest BCUT2D eigenvalue weighted by atomic mass is 32.2. The van der Waals surface area contributed by atoms with Crippen LogP contribution in [0.25, 0.3) is 0 Å². The molecule has 0 unspecified atom stereocenters. The molecule has 0 saturated carbocycles. The lowest BCUT2D eigenvalue weighted by Crippen LogP contribution is -2.06. The van der Waals surface area contributed by atoms with Gasteiger partial charge in [-0.05, 0) is 20.8 Å². The molecular formula is C10H18N2O2S. The summed E-state index contributed by atoms with van der Waals surface area (Å²) in [5.41, 5.74) is 0.642. The molecule has 0 spiro atoms. The molecule has 0 aliphatic heterocycles. The molecule has 0 atom stereocenters. The fraction of sp³-hybridized carbons (Fsp3) is 0.700. The van der Waals surface area contributed by atoms with E-state index in [0.29, 0.717) is 11.7 Å². The van der Waals surface area contributed by atoms with Crippen LogP contribution in [0, 0.1) is 6.92 Å². The minimum atomic E-state index is -2.98. The van der Waals surface area contributed by atoms with E-state index in [1.54, 1.807) is 6.92 Å². The third-order valence-corrected chi connectivity index (χ3v) is 3.95. The van der Waals surface area contributed by atoms with E-state index in [0.717, 1.165) is 5.82 Å². The lowest BCUT2D eigenvalue weighted by atomic mass is 10.4. The summed E-state index contributed by atoms with van der Waals surface area (Å²) in [6.45, 7) is 7.64. The van der Waals surface area contributed by atoms with Gasteiger partial charge in [0.15, 0.2) is 9.84 Å². The Labute approximate surface area is 91.3 Å². The van der Waals surface area contributed by atoms with E-state index in [9.17, 15) is 8.42 Å². The first-order valence-corrected chi connectivity index (χ1v) is 6.92. The van der Waals surface area contributed by atoms with Crippen LogP contribution in [0.15, 0.2) is 6.20 Å². The van der Waals surface area contributed by atoms with Crippen molar-refractivity contribution in [1.82, 2.24) is 9.55 Å². The van der Waals surface area contributed by atoms with Crippen molar-refractivity contribution in [3.8, 4) is 0 Å². The van der Waals surface area contributed by atoms with Crippen LogP contribution in [0.5, 0.6) is 0 Å². The number of rotatable bonds is 4. The van der Waals surface area contributed by atoms with E-state index in [1.165, 1.54) is 0 Å². The molecule has 15 heavy (non-hydrogen) atoms. The quantitative estimate of drug-likeness (QED) is 0.791. The Morgan fingerprint density at radius 1 is 1.47 bits per heavy atom. The van der Waals surface area contributed by atoms with Crippen LogP contribution in [-0.2, 0) is 15.6 Å². The van der Waals surface area contributed by atoms with Crippen molar-refractivity contribution in [2.75, 3.05) is 5.75 Å². The molecule has 0 fully saturated rings. The summed E-state index contributed by atoms with van der Waals surface area (Å²) in [4.78, 5) is 4.25. The first-order chi connectivity index (χ1) is 6.85. The third-order valence-electron chi connectivity index (χ3n) is 2.33. The van der Waals surface area contributed by atoms with Crippen LogP contribution in [0.2, 0.25) is 0 Å². The van der Waals surface area contributed by atoms with Gasteiger partial charge < -0.3 is 4.57 Å². The van der Waals surface area contributed by atoms with Gasteiger partial charge >= 0.3 is 0 Å². The summed E-state index contributed by atoms with van der Waals surface area (Å²) >= 11 is 0. The van der Waals surface area contributed by atoms with Gasteiger partial charge in [-0.3, -0.25) is 0 Å². The zero-order valence-corrected chi connectivity index (χ0v) is 10.5. The lowest BCUT2D eigenvalue weighted by Gasteiger charge is -2.07. The molecule has 4 nitrogen and oxygen atoms in total. The van der Waals surface area contributed by atoms with Gasteiger partial charge in [-0.2, -0.15) is 0 Å². The molecule has 0 aromatic carbocycles. The molecule has 5 heteroatoms. The van der Waals surface area contributed by atoms with Gasteiger partial charge in [0.25, 0.3) is 0 Å². The minimum Gasteiger partial charge on any atom is -0.332 e. The fourth-order valence-corrected chi connectivity index (χ4v) is 2.26. The van der Waals surface area contributed by atoms with Crippen molar-refractivity contribution in [3.63, 3.8) is 0 Å². The first kappa shape index (κ1) is 12.2. The predicted octanol–water partition coefficient (Wildman–Crippen LogP) is 1.71. The number of nitrogens with zero attached hydrogens (tertiary/aromatic N) is 2. The minimum absolute atomic E-state index is 0.0457. The number of aromatic nitrogens is 2. The second kappa shape index (κ2) is 4.35. The Balaban J connectivity index is 2.94. The summed E-state index contributed by atoms with van der Waals surface area (Å²) in [6.07, 6.45) is 1.83. The number of sulfone groups is 1. The average molecular weight is 230 g/mol. The van der Waals surface area contributed by atoms with Crippen LogP contribution < -0.4 is 0 Å². The van der Waals surface area contributed by atoms with Crippen molar-refractivity contribution < 1.29 is 8.42 Å². The molecule has 0 aliphatic carbocycles. The van der Waals surface area contributed by atoms with Crippen molar-refractivity contribution in [1.29, 1.82) is 0 Å². The van der Waals surface area contributed by atoms with E-state index in [1.807, 2.05) is 31.5 Å². The van der Waals surface area contributed by atoms with Gasteiger partial charge in [-0.1, -0.05) is 6.92 Å². The van der Waals surface area contributed by atoms with E-state index in [-0.39, 0.29) is 11.5 Å². The summed E-state index contributed by atoms with van der Waals surface area (Å²) in [5.74, 6) is 1.08. The van der Waals surface area contributed by atoms with Crippen LogP contribution in [-0.4, -0.2) is 23.7 Å². The zero-order chi connectivity index (χ0) is 11.6. The molecule has 0 aliphatic rings. The fourth-order valence-electron chi connectivity index (χ4n) is 1.47. The van der Waals surface area contributed by atoms with E-state index >= 15 is 0 Å². The Morgan fingerprint density at radius 2 is 2.07 bits per heavy atom. The van der Waals surface area contributed by atoms with E-state index < -0.39 is 9.84 Å². The normalized spacial score (nSPS) is 12.3. The van der Waals surface area contributed by atoms with Crippen molar-refractivity contribution >= 4 is 9.84 Å². The van der Waals surface area contributed by atoms with Gasteiger partial charge in [-0.15, -0.1) is 0 Å². The molecule has 0 saturated heterocycles. The van der Waals surface area contributed by atoms with Gasteiger partial charge in [0.05, 0.1) is 11.4 Å². The molecule has 1 aromatic heterocycles. The van der Waals surface area contributed by atoms with Crippen LogP contribution in [0.4, 0.5) is 0 Å². The molecule has 86 valence electrons. The van der Waals surface area contributed by atoms with Gasteiger partial charge in [0.1, 0.15) is 5.82 Å². The van der Waals surface area contributed by atoms with Crippen molar-refractivity contribution in [2.24, 2.45) is 0 Å². The molecule has 1 rings (SSSR count). The van der Waals surface area contributed by atoms with Crippen molar-refractivity contribution in [2.45, 2.75) is 39.5 Å². The summed E-state index contributed by atoms with van der Waals surface area (Å²) in [6, 6.07) is 0.315. The summed E-state index contributed by atoms with van der Waals surface area (Å²) in [7, 11) is -2.98. The number of imidazole rings is 1. The Hall–Kier alpha value is -0.840. The van der Waals surface area contributed by atoms with Crippen LogP contribution in [0.1, 0.15) is 38.3 Å². The summed E-state index contributed by atoms with van der Waals surface area (Å²) < 4.78 is 24.8. The van der Waals surface area contributed by atoms with Gasteiger partial charge in [-0.25, -0.2) is 13.4 Å². The second-order valence-corrected chi connectivity index (χ2v) is 6.31. The zero-order valence-electron chi connectivity index (χ0n) is 9.69. The Bertz CT molecular complexity index is 432. The highest BCUT2D eigenvalue weighted by Crippen LogP contribution is 2.12. The molecule has 0 N–H and O–H groups in total. The maximum absolute atomic E-state index is 11.4. The Morgan fingerprint density at radius 3 is 2.47 bits per heavy atom. The van der Waals surface area contributed by atoms with E-state index in [4.69, 9.17) is 0 Å². The molecule has 0 radical (unpaired) electrons. The SMILES string of the molecule is CCS(=O)(=O)Cc1cn(C(C)C)c(C)n1. The van der Waals surface area contributed by atoms with Crippen LogP contribution in [0.3, 0.4) is 0 Å². The van der Waals surface area contributed by atoms with Gasteiger partial charge in [0, 0.05) is 18.0 Å². The Kier molecular flexibility index (Phi) is 3.54. The van der Waals surface area contributed by atoms with Crippen molar-refractivity contribution in [3.05, 3.63) is 17.7 Å². The largest absolute Gasteiger partial charge is 0.332 e. The summed E-state index contributed by atoms with van der Waals surface area (Å²) in [5, 5.41) is 0. The number of hydrogen-bond donors (Lipinski definition) is 0. The van der Waals surface area contributed by atoms with E-state index in [2.05, 4.69) is 4.98 Å². The van der Waals surface area contributed by atoms with Gasteiger partial charge in [0.2, 0.25) is 0 Å². The molecule has 1 aromatic rings. The maximum Gasteiger partial charge on any atom is 0.155 e. The second-order valence-electron chi connectivity index (χ2n) is 3.96. The smallest absolute Gasteiger partial charge is 0.155 e. The molecular weight excluding hydrogens is 212 g/mol. The highest BCUT2D eigenvalue weighted by Gasteiger charge is 2.13.